The van der Waals surface area contributed by atoms with Gasteiger partial charge in [0.1, 0.15) is 0 Å². The fourth-order valence-electron chi connectivity index (χ4n) is 2.37. The van der Waals surface area contributed by atoms with Crippen LogP contribution in [0.1, 0.15) is 31.7 Å². The summed E-state index contributed by atoms with van der Waals surface area (Å²) in [5.41, 5.74) is 1.34. The average molecular weight is 266 g/mol. The molecule has 2 heterocycles. The van der Waals surface area contributed by atoms with Gasteiger partial charge in [-0.05, 0) is 54.6 Å². The maximum atomic E-state index is 12.3. The van der Waals surface area contributed by atoms with Crippen molar-refractivity contribution in [3.05, 3.63) is 22.4 Å². The minimum atomic E-state index is 0.0566. The van der Waals surface area contributed by atoms with Crippen LogP contribution in [-0.4, -0.2) is 36.5 Å². The lowest BCUT2D eigenvalue weighted by Gasteiger charge is -2.32. The predicted octanol–water partition coefficient (Wildman–Crippen LogP) is 2.28. The Morgan fingerprint density at radius 2 is 2.44 bits per heavy atom. The van der Waals surface area contributed by atoms with E-state index < -0.39 is 0 Å². The third-order valence-corrected chi connectivity index (χ3v) is 4.15. The van der Waals surface area contributed by atoms with Gasteiger partial charge in [0.15, 0.2) is 0 Å². The summed E-state index contributed by atoms with van der Waals surface area (Å²) in [5.74, 6) is 0.296. The van der Waals surface area contributed by atoms with Crippen LogP contribution in [0.2, 0.25) is 0 Å². The monoisotopic (exact) mass is 266 g/mol. The van der Waals surface area contributed by atoms with Crippen LogP contribution in [0.4, 0.5) is 0 Å². The number of nitrogens with zero attached hydrogens (tertiary/aromatic N) is 1. The Hall–Kier alpha value is -0.870. The molecular formula is C14H22N2OS. The van der Waals surface area contributed by atoms with E-state index in [1.807, 2.05) is 4.90 Å². The lowest BCUT2D eigenvalue weighted by Crippen LogP contribution is -2.51. The van der Waals surface area contributed by atoms with Gasteiger partial charge < -0.3 is 10.2 Å². The van der Waals surface area contributed by atoms with Crippen LogP contribution in [0.25, 0.3) is 0 Å². The Kier molecular flexibility index (Phi) is 5.20. The highest BCUT2D eigenvalue weighted by Crippen LogP contribution is 2.14. The SMILES string of the molecule is CCCNC1CCCN(CCc2ccsc2)C1=O. The van der Waals surface area contributed by atoms with Crippen molar-refractivity contribution in [2.24, 2.45) is 0 Å². The van der Waals surface area contributed by atoms with E-state index in [1.54, 1.807) is 11.3 Å². The van der Waals surface area contributed by atoms with E-state index in [4.69, 9.17) is 0 Å². The van der Waals surface area contributed by atoms with Crippen molar-refractivity contribution in [3.63, 3.8) is 0 Å². The van der Waals surface area contributed by atoms with Gasteiger partial charge in [-0.25, -0.2) is 0 Å². The molecule has 1 aromatic rings. The number of carbonyl (C=O) groups is 1. The third-order valence-electron chi connectivity index (χ3n) is 3.42. The molecule has 1 saturated heterocycles. The number of nitrogens with one attached hydrogen (secondary N) is 1. The normalized spacial score (nSPS) is 20.4. The van der Waals surface area contributed by atoms with E-state index in [9.17, 15) is 4.79 Å². The fourth-order valence-corrected chi connectivity index (χ4v) is 3.07. The maximum Gasteiger partial charge on any atom is 0.239 e. The van der Waals surface area contributed by atoms with Crippen molar-refractivity contribution in [1.29, 1.82) is 0 Å². The molecular weight excluding hydrogens is 244 g/mol. The summed E-state index contributed by atoms with van der Waals surface area (Å²) in [5, 5.41) is 7.62. The topological polar surface area (TPSA) is 32.3 Å². The largest absolute Gasteiger partial charge is 0.341 e. The average Bonchev–Trinajstić information content (AvgIpc) is 2.89. The van der Waals surface area contributed by atoms with E-state index >= 15 is 0 Å². The fraction of sp³-hybridized carbons (Fsp3) is 0.643. The number of piperidine rings is 1. The molecule has 0 radical (unpaired) electrons. The zero-order chi connectivity index (χ0) is 12.8. The summed E-state index contributed by atoms with van der Waals surface area (Å²) in [6.07, 6.45) is 4.18. The van der Waals surface area contributed by atoms with Gasteiger partial charge in [0.2, 0.25) is 5.91 Å². The van der Waals surface area contributed by atoms with Crippen molar-refractivity contribution in [1.82, 2.24) is 10.2 Å². The molecule has 1 N–H and O–H groups in total. The third kappa shape index (κ3) is 3.56. The Balaban J connectivity index is 1.82. The number of hydrogen-bond acceptors (Lipinski definition) is 3. The molecule has 0 bridgehead atoms. The van der Waals surface area contributed by atoms with Crippen molar-refractivity contribution >= 4 is 17.2 Å². The summed E-state index contributed by atoms with van der Waals surface area (Å²) in [7, 11) is 0. The Labute approximate surface area is 113 Å². The molecule has 0 spiro atoms. The van der Waals surface area contributed by atoms with E-state index in [2.05, 4.69) is 29.1 Å². The first kappa shape index (κ1) is 13.6. The molecule has 3 nitrogen and oxygen atoms in total. The van der Waals surface area contributed by atoms with Gasteiger partial charge in [-0.1, -0.05) is 6.92 Å². The van der Waals surface area contributed by atoms with Gasteiger partial charge in [-0.15, -0.1) is 0 Å². The predicted molar refractivity (Wildman–Crippen MR) is 75.9 cm³/mol. The second-order valence-corrected chi connectivity index (χ2v) is 5.64. The lowest BCUT2D eigenvalue weighted by atomic mass is 10.0. The van der Waals surface area contributed by atoms with Crippen molar-refractivity contribution in [3.8, 4) is 0 Å². The van der Waals surface area contributed by atoms with Gasteiger partial charge >= 0.3 is 0 Å². The van der Waals surface area contributed by atoms with Crippen molar-refractivity contribution < 1.29 is 4.79 Å². The molecule has 1 aliphatic rings. The lowest BCUT2D eigenvalue weighted by molar-refractivity contribution is -0.135. The van der Waals surface area contributed by atoms with E-state index in [-0.39, 0.29) is 6.04 Å². The first-order valence-corrected chi connectivity index (χ1v) is 7.78. The molecule has 1 amide bonds. The Morgan fingerprint density at radius 3 is 3.17 bits per heavy atom. The van der Waals surface area contributed by atoms with Gasteiger partial charge in [-0.3, -0.25) is 4.79 Å². The number of hydrogen-bond donors (Lipinski definition) is 1. The first-order valence-electron chi connectivity index (χ1n) is 6.84. The molecule has 0 aromatic carbocycles. The number of thiophene rings is 1. The summed E-state index contributed by atoms with van der Waals surface area (Å²) in [6.45, 7) is 4.86. The molecule has 2 rings (SSSR count). The maximum absolute atomic E-state index is 12.3. The molecule has 1 unspecified atom stereocenters. The minimum absolute atomic E-state index is 0.0566. The molecule has 4 heteroatoms. The van der Waals surface area contributed by atoms with E-state index in [1.165, 1.54) is 5.56 Å². The highest BCUT2D eigenvalue weighted by atomic mass is 32.1. The molecule has 0 aliphatic carbocycles. The second kappa shape index (κ2) is 6.90. The van der Waals surface area contributed by atoms with Crippen LogP contribution in [0.5, 0.6) is 0 Å². The summed E-state index contributed by atoms with van der Waals surface area (Å²) in [4.78, 5) is 14.3. The van der Waals surface area contributed by atoms with Crippen LogP contribution in [0, 0.1) is 0 Å². The van der Waals surface area contributed by atoms with Crippen molar-refractivity contribution in [2.45, 2.75) is 38.6 Å². The molecule has 1 aliphatic heterocycles. The number of likely N-dealkylation sites (tertiary alicyclic amines) is 1. The zero-order valence-corrected chi connectivity index (χ0v) is 11.8. The standard InChI is InChI=1S/C14H22N2OS/c1-2-7-15-13-4-3-8-16(14(13)17)9-5-12-6-10-18-11-12/h6,10-11,13,15H,2-5,7-9H2,1H3. The van der Waals surface area contributed by atoms with E-state index in [0.717, 1.165) is 45.3 Å². The quantitative estimate of drug-likeness (QED) is 0.857. The highest BCUT2D eigenvalue weighted by molar-refractivity contribution is 7.07. The first-order chi connectivity index (χ1) is 8.81. The number of amides is 1. The van der Waals surface area contributed by atoms with Crippen molar-refractivity contribution in [2.75, 3.05) is 19.6 Å². The number of rotatable bonds is 6. The van der Waals surface area contributed by atoms with Gasteiger partial charge in [0.25, 0.3) is 0 Å². The molecule has 100 valence electrons. The Morgan fingerprint density at radius 1 is 1.56 bits per heavy atom. The Bertz CT molecular complexity index is 364. The smallest absolute Gasteiger partial charge is 0.239 e. The van der Waals surface area contributed by atoms with Gasteiger partial charge in [0, 0.05) is 13.1 Å². The minimum Gasteiger partial charge on any atom is -0.341 e. The molecule has 18 heavy (non-hydrogen) atoms. The molecule has 0 saturated carbocycles. The summed E-state index contributed by atoms with van der Waals surface area (Å²) < 4.78 is 0. The zero-order valence-electron chi connectivity index (χ0n) is 11.0. The summed E-state index contributed by atoms with van der Waals surface area (Å²) in [6, 6.07) is 2.20. The second-order valence-electron chi connectivity index (χ2n) is 4.86. The summed E-state index contributed by atoms with van der Waals surface area (Å²) >= 11 is 1.72. The van der Waals surface area contributed by atoms with E-state index in [0.29, 0.717) is 5.91 Å². The molecule has 1 atom stereocenters. The van der Waals surface area contributed by atoms with Gasteiger partial charge in [-0.2, -0.15) is 11.3 Å². The van der Waals surface area contributed by atoms with Crippen LogP contribution >= 0.6 is 11.3 Å². The highest BCUT2D eigenvalue weighted by Gasteiger charge is 2.27. The number of carbonyl (C=O) groups excluding carboxylic acids is 1. The molecule has 1 fully saturated rings. The van der Waals surface area contributed by atoms with Crippen LogP contribution in [-0.2, 0) is 11.2 Å². The molecule has 1 aromatic heterocycles. The van der Waals surface area contributed by atoms with Crippen LogP contribution < -0.4 is 5.32 Å². The van der Waals surface area contributed by atoms with Gasteiger partial charge in [0.05, 0.1) is 6.04 Å². The van der Waals surface area contributed by atoms with Crippen LogP contribution in [0.15, 0.2) is 16.8 Å². The van der Waals surface area contributed by atoms with Crippen LogP contribution in [0.3, 0.4) is 0 Å².